The van der Waals surface area contributed by atoms with Crippen LogP contribution in [0.5, 0.6) is 0 Å². The van der Waals surface area contributed by atoms with Crippen LogP contribution in [0.2, 0.25) is 16.6 Å². The summed E-state index contributed by atoms with van der Waals surface area (Å²) in [4.78, 5) is 27.1. The van der Waals surface area contributed by atoms with Gasteiger partial charge in [0.1, 0.15) is 0 Å². The van der Waals surface area contributed by atoms with Gasteiger partial charge in [0.25, 0.3) is 8.32 Å². The van der Waals surface area contributed by atoms with Gasteiger partial charge in [-0.05, 0) is 27.8 Å². The first-order valence-corrected chi connectivity index (χ1v) is 20.9. The van der Waals surface area contributed by atoms with Gasteiger partial charge in [-0.3, -0.25) is 9.59 Å². The van der Waals surface area contributed by atoms with Crippen LogP contribution in [0, 0.1) is 5.41 Å². The fraction of sp³-hybridized carbons (Fsp3) is 0.486. The van der Waals surface area contributed by atoms with Gasteiger partial charge in [-0.15, -0.1) is 0 Å². The second-order valence-electron chi connectivity index (χ2n) is 14.2. The summed E-state index contributed by atoms with van der Waals surface area (Å²) in [6.45, 7) is 23.7. The Morgan fingerprint density at radius 3 is 1.36 bits per heavy atom. The lowest BCUT2D eigenvalue weighted by Crippen LogP contribution is -2.48. The number of hydrogen-bond acceptors (Lipinski definition) is 5. The lowest BCUT2D eigenvalue weighted by Gasteiger charge is -2.46. The maximum absolute atomic E-state index is 13.6. The van der Waals surface area contributed by atoms with E-state index in [0.717, 1.165) is 33.4 Å². The lowest BCUT2D eigenvalue weighted by molar-refractivity contribution is -0.124. The average molecular weight is 663 g/mol. The zero-order valence-corrected chi connectivity index (χ0v) is 31.4. The molecule has 2 aromatic rings. The van der Waals surface area contributed by atoms with Crippen LogP contribution in [0.1, 0.15) is 87.3 Å². The van der Waals surface area contributed by atoms with E-state index in [1.54, 1.807) is 23.4 Å². The third-order valence-corrected chi connectivity index (χ3v) is 21.6. The highest BCUT2D eigenvalue weighted by Gasteiger charge is 2.65. The SMILES string of the molecule is CC(=O)N1N=C(c2ccccc2)C2C3C(c4ccccc4)=NN(C(C)=O)P3C(=C(O[Si](C(C)C)(C(C)C)C(C)C)C(C)(C)C)P21. The van der Waals surface area contributed by atoms with Crippen molar-refractivity contribution in [2.45, 2.75) is 104 Å². The van der Waals surface area contributed by atoms with Crippen molar-refractivity contribution >= 4 is 47.7 Å². The monoisotopic (exact) mass is 662 g/mol. The normalized spacial score (nSPS) is 23.0. The Hall–Kier alpha value is -2.66. The highest BCUT2D eigenvalue weighted by molar-refractivity contribution is 7.86. The van der Waals surface area contributed by atoms with E-state index in [-0.39, 0.29) is 28.5 Å². The number of carbonyl (C=O) groups excluding carboxylic acids is 2. The van der Waals surface area contributed by atoms with Crippen LogP contribution in [0.25, 0.3) is 0 Å². The number of hydrogen-bond donors (Lipinski definition) is 0. The Kier molecular flexibility index (Phi) is 9.36. The zero-order valence-electron chi connectivity index (χ0n) is 28.6. The standard InChI is InChI=1S/C35H48N4O3P2Si/c1-22(2)45(23(3)4,24(5)6)42-33(35(9,10)11)34-43-31(29(36-38(43)25(7)40)27-18-14-12-15-19-27)32-30(28-20-16-13-17-21-28)37-39(26(8)41)44(32)34/h12-24,31-32H,1-11H3. The van der Waals surface area contributed by atoms with Crippen molar-refractivity contribution in [2.75, 3.05) is 0 Å². The number of rotatable bonds is 7. The molecule has 0 aromatic heterocycles. The Morgan fingerprint density at radius 2 is 1.07 bits per heavy atom. The molecule has 45 heavy (non-hydrogen) atoms. The zero-order chi connectivity index (χ0) is 33.0. The molecule has 2 amide bonds. The number of allylic oxidation sites excluding steroid dienone is 1. The smallest absolute Gasteiger partial charge is 0.258 e. The lowest BCUT2D eigenvalue weighted by atomic mass is 9.95. The van der Waals surface area contributed by atoms with Crippen LogP contribution in [0.3, 0.4) is 0 Å². The molecule has 0 bridgehead atoms. The third kappa shape index (κ3) is 5.66. The van der Waals surface area contributed by atoms with Gasteiger partial charge in [-0.1, -0.05) is 123 Å². The molecule has 4 atom stereocenters. The molecule has 10 heteroatoms. The van der Waals surface area contributed by atoms with Gasteiger partial charge in [-0.2, -0.15) is 10.2 Å². The van der Waals surface area contributed by atoms with Crippen LogP contribution < -0.4 is 0 Å². The summed E-state index contributed by atoms with van der Waals surface area (Å²) < 4.78 is 11.2. The molecular weight excluding hydrogens is 614 g/mol. The van der Waals surface area contributed by atoms with Crippen molar-refractivity contribution in [1.29, 1.82) is 0 Å². The maximum atomic E-state index is 13.6. The predicted octanol–water partition coefficient (Wildman–Crippen LogP) is 9.47. The van der Waals surface area contributed by atoms with Gasteiger partial charge in [0, 0.05) is 19.3 Å². The Morgan fingerprint density at radius 1 is 0.711 bits per heavy atom. The summed E-state index contributed by atoms with van der Waals surface area (Å²) in [5.74, 6) is 0.764. The number of amides is 2. The van der Waals surface area contributed by atoms with Gasteiger partial charge >= 0.3 is 0 Å². The molecule has 1 saturated heterocycles. The molecule has 4 unspecified atom stereocenters. The van der Waals surface area contributed by atoms with Crippen LogP contribution >= 0.6 is 16.1 Å². The molecule has 0 saturated carbocycles. The third-order valence-electron chi connectivity index (χ3n) is 9.21. The van der Waals surface area contributed by atoms with Crippen LogP contribution in [0.4, 0.5) is 0 Å². The number of fused-ring (bicyclic) bond motifs is 3. The largest absolute Gasteiger partial charge is 0.545 e. The van der Waals surface area contributed by atoms with Gasteiger partial charge in [-0.25, -0.2) is 9.56 Å². The summed E-state index contributed by atoms with van der Waals surface area (Å²) in [7, 11) is -5.09. The first-order chi connectivity index (χ1) is 21.1. The molecule has 0 spiro atoms. The Bertz CT molecular complexity index is 1440. The van der Waals surface area contributed by atoms with E-state index in [1.165, 1.54) is 0 Å². The summed E-state index contributed by atoms with van der Waals surface area (Å²) in [6, 6.07) is 20.4. The van der Waals surface area contributed by atoms with E-state index in [1.807, 2.05) is 36.4 Å². The summed E-state index contributed by atoms with van der Waals surface area (Å²) in [5, 5.41) is 11.3. The van der Waals surface area contributed by atoms with E-state index in [4.69, 9.17) is 14.6 Å². The number of carbonyl (C=O) groups is 2. The van der Waals surface area contributed by atoms with E-state index in [2.05, 4.69) is 86.6 Å². The maximum Gasteiger partial charge on any atom is 0.258 e. The highest BCUT2D eigenvalue weighted by Crippen LogP contribution is 2.83. The molecule has 240 valence electrons. The quantitative estimate of drug-likeness (QED) is 0.168. The van der Waals surface area contributed by atoms with E-state index >= 15 is 0 Å². The fourth-order valence-electron chi connectivity index (χ4n) is 7.39. The first-order valence-electron chi connectivity index (χ1n) is 16.0. The number of hydrazone groups is 2. The second kappa shape index (κ2) is 12.5. The summed E-state index contributed by atoms with van der Waals surface area (Å²) in [5.41, 5.74) is 4.23. The number of benzene rings is 2. The van der Waals surface area contributed by atoms with E-state index in [9.17, 15) is 9.59 Å². The van der Waals surface area contributed by atoms with Crippen LogP contribution in [0.15, 0.2) is 81.7 Å². The minimum Gasteiger partial charge on any atom is -0.545 e. The Balaban J connectivity index is 1.87. The molecule has 1 fully saturated rings. The summed E-state index contributed by atoms with van der Waals surface area (Å²) >= 11 is 0. The van der Waals surface area contributed by atoms with Gasteiger partial charge in [0.2, 0.25) is 11.8 Å². The van der Waals surface area contributed by atoms with Crippen molar-refractivity contribution < 1.29 is 14.0 Å². The second-order valence-corrected chi connectivity index (χ2v) is 24.1. The number of nitrogens with zero attached hydrogens (tertiary/aromatic N) is 4. The van der Waals surface area contributed by atoms with Crippen molar-refractivity contribution in [1.82, 2.24) is 9.56 Å². The molecule has 0 N–H and O–H groups in total. The average Bonchev–Trinajstić information content (AvgIpc) is 3.63. The molecule has 3 heterocycles. The van der Waals surface area contributed by atoms with Crippen LogP contribution in [-0.2, 0) is 14.0 Å². The van der Waals surface area contributed by atoms with Crippen molar-refractivity contribution in [3.05, 3.63) is 82.6 Å². The molecule has 7 nitrogen and oxygen atoms in total. The minimum atomic E-state index is -2.44. The van der Waals surface area contributed by atoms with Crippen molar-refractivity contribution in [3.8, 4) is 0 Å². The fourth-order valence-corrected chi connectivity index (χ4v) is 21.1. The topological polar surface area (TPSA) is 74.6 Å². The van der Waals surface area contributed by atoms with Crippen molar-refractivity contribution in [3.63, 3.8) is 0 Å². The molecular formula is C35H48N4O3P2Si. The van der Waals surface area contributed by atoms with Gasteiger partial charge < -0.3 is 4.43 Å². The summed E-state index contributed by atoms with van der Waals surface area (Å²) in [6.07, 6.45) is 0. The minimum absolute atomic E-state index is 0.0911. The molecule has 3 aliphatic rings. The van der Waals surface area contributed by atoms with Gasteiger partial charge in [0.05, 0.1) is 49.7 Å². The first kappa shape index (κ1) is 33.7. The molecule has 3 aliphatic heterocycles. The van der Waals surface area contributed by atoms with Crippen molar-refractivity contribution in [2.24, 2.45) is 15.6 Å². The molecule has 5 rings (SSSR count). The van der Waals surface area contributed by atoms with Crippen LogP contribution in [-0.4, -0.2) is 52.4 Å². The molecule has 2 aromatic carbocycles. The Labute approximate surface area is 272 Å². The van der Waals surface area contributed by atoms with Gasteiger partial charge in [0.15, 0.2) is 0 Å². The molecule has 0 aliphatic carbocycles. The highest BCUT2D eigenvalue weighted by atomic mass is 31.2. The molecule has 0 radical (unpaired) electrons. The predicted molar refractivity (Wildman–Crippen MR) is 191 cm³/mol. The van der Waals surface area contributed by atoms with E-state index < -0.39 is 24.5 Å². The van der Waals surface area contributed by atoms with E-state index in [0.29, 0.717) is 16.6 Å².